The lowest BCUT2D eigenvalue weighted by molar-refractivity contribution is 0.318. The number of halogens is 1. The van der Waals surface area contributed by atoms with Crippen molar-refractivity contribution in [2.75, 3.05) is 0 Å². The van der Waals surface area contributed by atoms with Crippen LogP contribution in [0.5, 0.6) is 0 Å². The van der Waals surface area contributed by atoms with Crippen LogP contribution in [0.1, 0.15) is 11.1 Å². The average molecular weight is 338 g/mol. The smallest absolute Gasteiger partial charge is 0.171 e. The van der Waals surface area contributed by atoms with E-state index in [1.807, 2.05) is 37.3 Å². The van der Waals surface area contributed by atoms with E-state index in [-0.39, 0.29) is 5.84 Å². The molecule has 0 bridgehead atoms. The monoisotopic (exact) mass is 337 g/mol. The molecule has 0 amide bonds. The van der Waals surface area contributed by atoms with E-state index in [2.05, 4.69) is 26.1 Å². The summed E-state index contributed by atoms with van der Waals surface area (Å²) in [6.45, 7) is 1.99. The van der Waals surface area contributed by atoms with E-state index in [0.717, 1.165) is 20.0 Å². The number of hydrogen-bond acceptors (Lipinski definition) is 4. The van der Waals surface area contributed by atoms with Crippen molar-refractivity contribution in [1.82, 2.24) is 4.98 Å². The normalized spacial score (nSPS) is 11.6. The van der Waals surface area contributed by atoms with Gasteiger partial charge in [-0.15, -0.1) is 0 Å². The molecule has 0 saturated carbocycles. The molecular weight excluding hydrogens is 326 g/mol. The van der Waals surface area contributed by atoms with E-state index in [1.54, 1.807) is 6.20 Å². The first kappa shape index (κ1) is 13.9. The number of pyridine rings is 1. The molecule has 2 rings (SSSR count). The minimum Gasteiger partial charge on any atom is -0.409 e. The van der Waals surface area contributed by atoms with E-state index in [0.29, 0.717) is 5.56 Å². The number of aromatic nitrogens is 1. The average Bonchev–Trinajstić information content (AvgIpc) is 2.41. The molecule has 98 valence electrons. The Morgan fingerprint density at radius 1 is 1.42 bits per heavy atom. The van der Waals surface area contributed by atoms with Gasteiger partial charge in [0.1, 0.15) is 5.03 Å². The van der Waals surface area contributed by atoms with Crippen LogP contribution in [0.4, 0.5) is 0 Å². The maximum atomic E-state index is 8.83. The first-order chi connectivity index (χ1) is 9.11. The number of benzene rings is 1. The molecule has 0 atom stereocenters. The first-order valence-corrected chi connectivity index (χ1v) is 7.09. The molecule has 1 aromatic heterocycles. The van der Waals surface area contributed by atoms with Gasteiger partial charge in [-0.05, 0) is 52.7 Å². The molecule has 2 aromatic rings. The van der Waals surface area contributed by atoms with Gasteiger partial charge in [-0.1, -0.05) is 23.0 Å². The van der Waals surface area contributed by atoms with Crippen molar-refractivity contribution in [2.24, 2.45) is 10.9 Å². The van der Waals surface area contributed by atoms with Crippen LogP contribution in [0.2, 0.25) is 0 Å². The van der Waals surface area contributed by atoms with Crippen molar-refractivity contribution in [2.45, 2.75) is 16.8 Å². The number of aryl methyl sites for hydroxylation is 1. The summed E-state index contributed by atoms with van der Waals surface area (Å²) in [6.07, 6.45) is 1.73. The molecule has 6 heteroatoms. The molecule has 0 aliphatic carbocycles. The number of oxime groups is 1. The lowest BCUT2D eigenvalue weighted by Crippen LogP contribution is -2.14. The highest BCUT2D eigenvalue weighted by molar-refractivity contribution is 9.10. The molecule has 0 fully saturated rings. The highest BCUT2D eigenvalue weighted by Gasteiger charge is 2.11. The van der Waals surface area contributed by atoms with Gasteiger partial charge < -0.3 is 10.9 Å². The third-order valence-corrected chi connectivity index (χ3v) is 4.43. The highest BCUT2D eigenvalue weighted by atomic mass is 79.9. The van der Waals surface area contributed by atoms with E-state index in [9.17, 15) is 0 Å². The molecule has 0 saturated heterocycles. The standard InChI is InChI=1S/C13H12BrN3OS/c1-8-4-5-9(12(15)17-18)11(7-8)19-13-10(14)3-2-6-16-13/h2-7,18H,1H3,(H2,15,17). The molecule has 0 aliphatic heterocycles. The maximum Gasteiger partial charge on any atom is 0.171 e. The van der Waals surface area contributed by atoms with E-state index >= 15 is 0 Å². The molecule has 3 N–H and O–H groups in total. The van der Waals surface area contributed by atoms with Crippen molar-refractivity contribution >= 4 is 33.5 Å². The maximum absolute atomic E-state index is 8.83. The third-order valence-electron chi connectivity index (χ3n) is 2.45. The predicted octanol–water partition coefficient (Wildman–Crippen LogP) is 3.40. The van der Waals surface area contributed by atoms with Gasteiger partial charge >= 0.3 is 0 Å². The SMILES string of the molecule is Cc1ccc(C(N)=NO)c(Sc2ncccc2Br)c1. The largest absolute Gasteiger partial charge is 0.409 e. The van der Waals surface area contributed by atoms with Crippen LogP contribution < -0.4 is 5.73 Å². The fraction of sp³-hybridized carbons (Fsp3) is 0.0769. The molecule has 0 aliphatic rings. The van der Waals surface area contributed by atoms with Crippen molar-refractivity contribution in [3.63, 3.8) is 0 Å². The van der Waals surface area contributed by atoms with E-state index in [1.165, 1.54) is 11.8 Å². The minimum atomic E-state index is 0.0922. The second-order valence-electron chi connectivity index (χ2n) is 3.88. The van der Waals surface area contributed by atoms with Crippen molar-refractivity contribution in [3.8, 4) is 0 Å². The van der Waals surface area contributed by atoms with Crippen LogP contribution in [0.25, 0.3) is 0 Å². The van der Waals surface area contributed by atoms with Crippen molar-refractivity contribution in [3.05, 3.63) is 52.1 Å². The number of rotatable bonds is 3. The Balaban J connectivity index is 2.44. The van der Waals surface area contributed by atoms with Gasteiger partial charge in [-0.25, -0.2) is 4.98 Å². The molecule has 0 radical (unpaired) electrons. The van der Waals surface area contributed by atoms with E-state index < -0.39 is 0 Å². The Morgan fingerprint density at radius 2 is 2.21 bits per heavy atom. The Hall–Kier alpha value is -1.53. The summed E-state index contributed by atoms with van der Waals surface area (Å²) in [5.74, 6) is 0.0922. The molecule has 1 heterocycles. The molecular formula is C13H12BrN3OS. The zero-order valence-electron chi connectivity index (χ0n) is 10.2. The summed E-state index contributed by atoms with van der Waals surface area (Å²) >= 11 is 4.93. The summed E-state index contributed by atoms with van der Waals surface area (Å²) in [5.41, 5.74) is 7.48. The van der Waals surface area contributed by atoms with Crippen molar-refractivity contribution < 1.29 is 5.21 Å². The Labute approximate surface area is 123 Å². The number of nitrogens with zero attached hydrogens (tertiary/aromatic N) is 2. The van der Waals surface area contributed by atoms with Crippen LogP contribution in [0.15, 0.2) is 56.1 Å². The van der Waals surface area contributed by atoms with Gasteiger partial charge in [-0.3, -0.25) is 0 Å². The number of amidine groups is 1. The number of hydrogen-bond donors (Lipinski definition) is 2. The fourth-order valence-corrected chi connectivity index (χ4v) is 3.04. The van der Waals surface area contributed by atoms with E-state index in [4.69, 9.17) is 10.9 Å². The zero-order valence-corrected chi connectivity index (χ0v) is 12.6. The van der Waals surface area contributed by atoms with Gasteiger partial charge in [0, 0.05) is 16.7 Å². The zero-order chi connectivity index (χ0) is 13.8. The van der Waals surface area contributed by atoms with Crippen LogP contribution in [0.3, 0.4) is 0 Å². The highest BCUT2D eigenvalue weighted by Crippen LogP contribution is 2.34. The van der Waals surface area contributed by atoms with Crippen LogP contribution in [-0.2, 0) is 0 Å². The van der Waals surface area contributed by atoms with Crippen LogP contribution in [-0.4, -0.2) is 16.0 Å². The topological polar surface area (TPSA) is 71.5 Å². The molecule has 0 spiro atoms. The molecule has 1 aromatic carbocycles. The lowest BCUT2D eigenvalue weighted by Gasteiger charge is -2.09. The van der Waals surface area contributed by atoms with Crippen LogP contribution >= 0.6 is 27.7 Å². The summed E-state index contributed by atoms with van der Waals surface area (Å²) in [7, 11) is 0. The molecule has 19 heavy (non-hydrogen) atoms. The lowest BCUT2D eigenvalue weighted by atomic mass is 10.1. The van der Waals surface area contributed by atoms with Gasteiger partial charge in [0.05, 0.1) is 4.47 Å². The second-order valence-corrected chi connectivity index (χ2v) is 5.76. The quantitative estimate of drug-likeness (QED) is 0.389. The Kier molecular flexibility index (Phi) is 4.44. The third kappa shape index (κ3) is 3.27. The molecule has 4 nitrogen and oxygen atoms in total. The van der Waals surface area contributed by atoms with Gasteiger partial charge in [0.25, 0.3) is 0 Å². The molecule has 0 unspecified atom stereocenters. The van der Waals surface area contributed by atoms with Gasteiger partial charge in [0.2, 0.25) is 0 Å². The Bertz CT molecular complexity index is 631. The fourth-order valence-electron chi connectivity index (χ4n) is 1.53. The summed E-state index contributed by atoms with van der Waals surface area (Å²) in [5, 5.41) is 12.7. The van der Waals surface area contributed by atoms with Crippen molar-refractivity contribution in [1.29, 1.82) is 0 Å². The summed E-state index contributed by atoms with van der Waals surface area (Å²) < 4.78 is 0.909. The minimum absolute atomic E-state index is 0.0922. The predicted molar refractivity (Wildman–Crippen MR) is 79.7 cm³/mol. The first-order valence-electron chi connectivity index (χ1n) is 5.48. The summed E-state index contributed by atoms with van der Waals surface area (Å²) in [6, 6.07) is 9.52. The second kappa shape index (κ2) is 6.08. The van der Waals surface area contributed by atoms with Crippen LogP contribution in [0, 0.1) is 6.92 Å². The Morgan fingerprint density at radius 3 is 2.89 bits per heavy atom. The number of nitrogens with two attached hydrogens (primary N) is 1. The van der Waals surface area contributed by atoms with Gasteiger partial charge in [0.15, 0.2) is 5.84 Å². The summed E-state index contributed by atoms with van der Waals surface area (Å²) in [4.78, 5) is 5.20. The van der Waals surface area contributed by atoms with Gasteiger partial charge in [-0.2, -0.15) is 0 Å².